The maximum Gasteiger partial charge on any atom is 0.308 e. The lowest BCUT2D eigenvalue weighted by Crippen LogP contribution is -2.16. The second-order valence-electron chi connectivity index (χ2n) is 17.8. The summed E-state index contributed by atoms with van der Waals surface area (Å²) in [5.74, 6) is 2.70. The van der Waals surface area contributed by atoms with Gasteiger partial charge >= 0.3 is 23.9 Å². The van der Waals surface area contributed by atoms with E-state index in [0.717, 1.165) is 44.5 Å². The molecular weight excluding hydrogens is 1010 g/mol. The van der Waals surface area contributed by atoms with Crippen LogP contribution in [0.4, 0.5) is 0 Å². The molecule has 0 N–H and O–H groups in total. The van der Waals surface area contributed by atoms with Gasteiger partial charge in [-0.1, -0.05) is 24.3 Å². The van der Waals surface area contributed by atoms with E-state index in [-0.39, 0.29) is 75.9 Å². The van der Waals surface area contributed by atoms with Crippen LogP contribution in [-0.2, 0) is 54.3 Å². The summed E-state index contributed by atoms with van der Waals surface area (Å²) < 4.78 is 81.7. The second-order valence-corrected chi connectivity index (χ2v) is 17.8. The summed E-state index contributed by atoms with van der Waals surface area (Å²) in [7, 11) is 6.02. The van der Waals surface area contributed by atoms with Gasteiger partial charge in [-0.2, -0.15) is 0 Å². The highest BCUT2D eigenvalue weighted by Crippen LogP contribution is 2.39. The Balaban J connectivity index is 1.16. The molecule has 0 radical (unpaired) electrons. The highest BCUT2D eigenvalue weighted by molar-refractivity contribution is 5.72. The molecule has 6 aromatic carbocycles. The van der Waals surface area contributed by atoms with E-state index in [1.165, 1.54) is 56.1 Å². The standard InChI is InChI=1S/C60H64O18/c1-37(61)75-57-29-41(9-13-49(57)65-5)25-45-33-53-54(34-46(45)26-42-10-14-50(66-6)58(30-42)76-38(2)62)72-22-18-70-20-24-74-56-36-48(28-44-12-16-52(68-8)60(32-44)78-40(4)64)47(35-55(56)73-23-19-69-17-21-71-53)27-43-11-15-51(67-7)59(31-43)77-39(3)63/h9-16,29-36H,17-28H2,1-8H3. The number of benzene rings is 6. The van der Waals surface area contributed by atoms with Crippen molar-refractivity contribution in [3.63, 3.8) is 0 Å². The van der Waals surface area contributed by atoms with Crippen LogP contribution in [-0.4, -0.2) is 105 Å². The van der Waals surface area contributed by atoms with Gasteiger partial charge in [0.1, 0.15) is 26.4 Å². The van der Waals surface area contributed by atoms with Gasteiger partial charge in [0.15, 0.2) is 69.0 Å². The molecule has 412 valence electrons. The van der Waals surface area contributed by atoms with Crippen LogP contribution < -0.4 is 56.8 Å². The molecule has 78 heavy (non-hydrogen) atoms. The summed E-state index contributed by atoms with van der Waals surface area (Å²) in [6.07, 6.45) is 1.58. The van der Waals surface area contributed by atoms with Crippen molar-refractivity contribution in [1.82, 2.24) is 0 Å². The molecular formula is C60H64O18. The number of ether oxygens (including phenoxy) is 14. The Kier molecular flexibility index (Phi) is 20.6. The Hall–Kier alpha value is -8.48. The summed E-state index contributed by atoms with van der Waals surface area (Å²) in [6, 6.07) is 29.3. The van der Waals surface area contributed by atoms with Crippen LogP contribution in [0.2, 0.25) is 0 Å². The Morgan fingerprint density at radius 3 is 0.731 bits per heavy atom. The van der Waals surface area contributed by atoms with Crippen molar-refractivity contribution in [2.45, 2.75) is 53.4 Å². The van der Waals surface area contributed by atoms with Crippen LogP contribution >= 0.6 is 0 Å². The van der Waals surface area contributed by atoms with E-state index in [9.17, 15) is 19.2 Å². The summed E-state index contributed by atoms with van der Waals surface area (Å²) in [4.78, 5) is 48.2. The van der Waals surface area contributed by atoms with Crippen LogP contribution in [0.1, 0.15) is 72.2 Å². The van der Waals surface area contributed by atoms with E-state index in [0.29, 0.717) is 71.7 Å². The molecule has 0 fully saturated rings. The fourth-order valence-corrected chi connectivity index (χ4v) is 8.59. The van der Waals surface area contributed by atoms with Crippen LogP contribution in [0.3, 0.4) is 0 Å². The van der Waals surface area contributed by atoms with Crippen molar-refractivity contribution in [2.75, 3.05) is 81.3 Å². The third-order valence-electron chi connectivity index (χ3n) is 12.0. The first-order valence-corrected chi connectivity index (χ1v) is 25.1. The highest BCUT2D eigenvalue weighted by Gasteiger charge is 2.21. The second kappa shape index (κ2) is 28.1. The summed E-state index contributed by atoms with van der Waals surface area (Å²) >= 11 is 0. The number of hydrogen-bond donors (Lipinski definition) is 0. The fraction of sp³-hybridized carbons (Fsp3) is 0.333. The molecule has 0 unspecified atom stereocenters. The smallest absolute Gasteiger partial charge is 0.308 e. The van der Waals surface area contributed by atoms with Gasteiger partial charge in [-0.15, -0.1) is 0 Å². The number of rotatable bonds is 16. The lowest BCUT2D eigenvalue weighted by molar-refractivity contribution is -0.132. The number of methoxy groups -OCH3 is 4. The first-order valence-electron chi connectivity index (χ1n) is 25.1. The molecule has 1 heterocycles. The lowest BCUT2D eigenvalue weighted by atomic mass is 9.94. The van der Waals surface area contributed by atoms with Crippen LogP contribution in [0.25, 0.3) is 0 Å². The molecule has 18 nitrogen and oxygen atoms in total. The van der Waals surface area contributed by atoms with Gasteiger partial charge < -0.3 is 66.3 Å². The Morgan fingerprint density at radius 1 is 0.321 bits per heavy atom. The number of hydrogen-bond acceptors (Lipinski definition) is 18. The van der Waals surface area contributed by atoms with E-state index in [2.05, 4.69) is 0 Å². The molecule has 0 saturated heterocycles. The molecule has 18 heteroatoms. The number of carbonyl (C=O) groups excluding carboxylic acids is 4. The molecule has 7 rings (SSSR count). The van der Waals surface area contributed by atoms with E-state index in [4.69, 9.17) is 66.3 Å². The Labute approximate surface area is 453 Å². The Bertz CT molecular complexity index is 2670. The monoisotopic (exact) mass is 1070 g/mol. The zero-order valence-corrected chi connectivity index (χ0v) is 45.1. The molecule has 0 saturated carbocycles. The van der Waals surface area contributed by atoms with Gasteiger partial charge in [-0.3, -0.25) is 19.2 Å². The average Bonchev–Trinajstić information content (AvgIpc) is 3.39. The summed E-state index contributed by atoms with van der Waals surface area (Å²) in [6.45, 7) is 6.74. The lowest BCUT2D eigenvalue weighted by Gasteiger charge is -2.20. The van der Waals surface area contributed by atoms with Crippen molar-refractivity contribution < 1.29 is 85.5 Å². The fourth-order valence-electron chi connectivity index (χ4n) is 8.59. The number of fused-ring (bicyclic) bond motifs is 2. The van der Waals surface area contributed by atoms with Crippen molar-refractivity contribution >= 4 is 23.9 Å². The van der Waals surface area contributed by atoms with Gasteiger partial charge in [0.05, 0.1) is 54.9 Å². The maximum atomic E-state index is 12.0. The SMILES string of the molecule is COc1ccc(Cc2cc3c(cc2Cc2ccc(OC)c(OC(C)=O)c2)OCCOCCOc2cc(Cc4ccc(OC)c(OC(C)=O)c4)c(Cc4ccc(OC)c(OC(C)=O)c4)cc2OCCOCCO3)cc1OC(C)=O. The average molecular weight is 1070 g/mol. The van der Waals surface area contributed by atoms with E-state index in [1.54, 1.807) is 48.5 Å². The first-order chi connectivity index (χ1) is 37.7. The minimum atomic E-state index is -0.485. The molecule has 0 atom stereocenters. The van der Waals surface area contributed by atoms with Crippen molar-refractivity contribution in [1.29, 1.82) is 0 Å². The van der Waals surface area contributed by atoms with Gasteiger partial charge in [-0.05, 0) is 143 Å². The van der Waals surface area contributed by atoms with Gasteiger partial charge in [-0.25, -0.2) is 0 Å². The third kappa shape index (κ3) is 16.3. The summed E-state index contributed by atoms with van der Waals surface area (Å²) in [5, 5.41) is 0. The molecule has 0 aromatic heterocycles. The summed E-state index contributed by atoms with van der Waals surface area (Å²) in [5.41, 5.74) is 6.81. The normalized spacial score (nSPS) is 12.9. The Morgan fingerprint density at radius 2 is 0.538 bits per heavy atom. The number of carbonyl (C=O) groups is 4. The maximum absolute atomic E-state index is 12.0. The predicted octanol–water partition coefficient (Wildman–Crippen LogP) is 9.05. The van der Waals surface area contributed by atoms with Gasteiger partial charge in [0.25, 0.3) is 0 Å². The van der Waals surface area contributed by atoms with Gasteiger partial charge in [0, 0.05) is 27.7 Å². The van der Waals surface area contributed by atoms with E-state index in [1.807, 2.05) is 48.5 Å². The van der Waals surface area contributed by atoms with Crippen molar-refractivity contribution in [2.24, 2.45) is 0 Å². The molecule has 0 amide bonds. The van der Waals surface area contributed by atoms with Gasteiger partial charge in [0.2, 0.25) is 0 Å². The molecule has 0 spiro atoms. The van der Waals surface area contributed by atoms with E-state index >= 15 is 0 Å². The zero-order valence-electron chi connectivity index (χ0n) is 45.1. The van der Waals surface area contributed by atoms with E-state index < -0.39 is 23.9 Å². The first kappa shape index (κ1) is 57.2. The quantitative estimate of drug-likeness (QED) is 0.0656. The predicted molar refractivity (Wildman–Crippen MR) is 285 cm³/mol. The largest absolute Gasteiger partial charge is 0.493 e. The molecule has 0 bridgehead atoms. The van der Waals surface area contributed by atoms with Crippen LogP contribution in [0.5, 0.6) is 69.0 Å². The van der Waals surface area contributed by atoms with Crippen LogP contribution in [0, 0.1) is 0 Å². The minimum Gasteiger partial charge on any atom is -0.493 e. The topological polar surface area (TPSA) is 197 Å². The molecule has 1 aliphatic heterocycles. The zero-order chi connectivity index (χ0) is 55.6. The number of esters is 4. The molecule has 6 aromatic rings. The third-order valence-corrected chi connectivity index (χ3v) is 12.0. The van der Waals surface area contributed by atoms with Crippen LogP contribution in [0.15, 0.2) is 97.1 Å². The highest BCUT2D eigenvalue weighted by atomic mass is 16.6. The van der Waals surface area contributed by atoms with Crippen molar-refractivity contribution in [3.05, 3.63) is 142 Å². The molecule has 0 aliphatic carbocycles. The molecule has 1 aliphatic rings. The van der Waals surface area contributed by atoms with Crippen molar-refractivity contribution in [3.8, 4) is 69.0 Å². The minimum absolute atomic E-state index is 0.157.